The second kappa shape index (κ2) is 5.13. The van der Waals surface area contributed by atoms with E-state index in [1.165, 1.54) is 18.2 Å². The molecule has 5 heteroatoms. The maximum Gasteiger partial charge on any atom is 0.252 e. The first-order chi connectivity index (χ1) is 8.04. The smallest absolute Gasteiger partial charge is 0.252 e. The molecule has 0 unspecified atom stereocenters. The van der Waals surface area contributed by atoms with Crippen LogP contribution in [-0.4, -0.2) is 22.2 Å². The van der Waals surface area contributed by atoms with E-state index in [0.717, 1.165) is 0 Å². The normalized spacial score (nSPS) is 12.4. The summed E-state index contributed by atoms with van der Waals surface area (Å²) in [6.07, 6.45) is 0. The summed E-state index contributed by atoms with van der Waals surface area (Å²) in [7, 11) is 0. The minimum absolute atomic E-state index is 0.327. The molecule has 3 nitrogen and oxygen atoms in total. The highest BCUT2D eigenvalue weighted by Crippen LogP contribution is 2.22. The fourth-order valence-electron chi connectivity index (χ4n) is 1.18. The van der Waals surface area contributed by atoms with E-state index in [0.29, 0.717) is 9.13 Å². The molecule has 0 spiro atoms. The fraction of sp³-hybridized carbons (Fsp3) is 0.462. The number of amides is 1. The van der Waals surface area contributed by atoms with Crippen molar-refractivity contribution in [1.82, 2.24) is 5.32 Å². The van der Waals surface area contributed by atoms with Crippen LogP contribution < -0.4 is 5.32 Å². The zero-order valence-corrected chi connectivity index (χ0v) is 13.0. The summed E-state index contributed by atoms with van der Waals surface area (Å²) in [6.45, 7) is 6.73. The summed E-state index contributed by atoms with van der Waals surface area (Å²) in [6, 6.07) is 3.98. The van der Waals surface area contributed by atoms with Crippen molar-refractivity contribution in [1.29, 1.82) is 0 Å². The third-order valence-electron chi connectivity index (χ3n) is 3.13. The van der Waals surface area contributed by atoms with Crippen molar-refractivity contribution in [3.05, 3.63) is 33.1 Å². The number of hydrogen-bond acceptors (Lipinski definition) is 2. The molecule has 1 aromatic rings. The van der Waals surface area contributed by atoms with Gasteiger partial charge in [-0.1, -0.05) is 0 Å². The van der Waals surface area contributed by atoms with Crippen LogP contribution >= 0.6 is 22.6 Å². The quantitative estimate of drug-likeness (QED) is 0.810. The Labute approximate surface area is 120 Å². The number of hydrogen-bond donors (Lipinski definition) is 2. The minimum atomic E-state index is -1.06. The topological polar surface area (TPSA) is 49.3 Å². The van der Waals surface area contributed by atoms with Crippen LogP contribution in [0.25, 0.3) is 0 Å². The van der Waals surface area contributed by atoms with Gasteiger partial charge in [0.1, 0.15) is 5.82 Å². The lowest BCUT2D eigenvalue weighted by molar-refractivity contribution is -0.00294. The molecule has 100 valence electrons. The molecule has 0 aromatic heterocycles. The van der Waals surface area contributed by atoms with Crippen LogP contribution in [-0.2, 0) is 0 Å². The summed E-state index contributed by atoms with van der Waals surface area (Å²) >= 11 is 1.91. The Bertz CT molecular complexity index is 467. The Kier molecular flexibility index (Phi) is 4.38. The van der Waals surface area contributed by atoms with E-state index in [1.54, 1.807) is 27.7 Å². The first-order valence-electron chi connectivity index (χ1n) is 5.54. The van der Waals surface area contributed by atoms with Gasteiger partial charge in [0.25, 0.3) is 5.91 Å². The fourth-order valence-corrected chi connectivity index (χ4v) is 1.90. The number of aliphatic hydroxyl groups is 1. The third kappa shape index (κ3) is 3.41. The summed E-state index contributed by atoms with van der Waals surface area (Å²) in [5.74, 6) is -0.704. The van der Waals surface area contributed by atoms with Crippen molar-refractivity contribution in [3.63, 3.8) is 0 Å². The SMILES string of the molecule is CC(C)(O)C(C)(C)NC(=O)c1ccc(F)cc1I. The molecule has 0 aliphatic heterocycles. The third-order valence-corrected chi connectivity index (χ3v) is 4.02. The highest BCUT2D eigenvalue weighted by atomic mass is 127. The van der Waals surface area contributed by atoms with E-state index in [1.807, 2.05) is 22.6 Å². The number of carbonyl (C=O) groups is 1. The van der Waals surface area contributed by atoms with Crippen LogP contribution in [0.2, 0.25) is 0 Å². The highest BCUT2D eigenvalue weighted by molar-refractivity contribution is 14.1. The number of nitrogens with one attached hydrogen (secondary N) is 1. The predicted molar refractivity (Wildman–Crippen MR) is 77.0 cm³/mol. The van der Waals surface area contributed by atoms with Gasteiger partial charge in [-0.2, -0.15) is 0 Å². The molecule has 0 saturated heterocycles. The van der Waals surface area contributed by atoms with Gasteiger partial charge in [-0.05, 0) is 68.5 Å². The van der Waals surface area contributed by atoms with E-state index < -0.39 is 11.1 Å². The van der Waals surface area contributed by atoms with Gasteiger partial charge in [0.2, 0.25) is 0 Å². The zero-order chi connectivity index (χ0) is 14.1. The minimum Gasteiger partial charge on any atom is -0.388 e. The Morgan fingerprint density at radius 2 is 1.89 bits per heavy atom. The van der Waals surface area contributed by atoms with Gasteiger partial charge < -0.3 is 10.4 Å². The lowest BCUT2D eigenvalue weighted by Gasteiger charge is -2.38. The molecule has 0 heterocycles. The van der Waals surface area contributed by atoms with Crippen LogP contribution in [0.15, 0.2) is 18.2 Å². The van der Waals surface area contributed by atoms with Crippen LogP contribution in [0.3, 0.4) is 0 Å². The van der Waals surface area contributed by atoms with Gasteiger partial charge in [-0.25, -0.2) is 4.39 Å². The largest absolute Gasteiger partial charge is 0.388 e. The van der Waals surface area contributed by atoms with Gasteiger partial charge in [0.15, 0.2) is 0 Å². The van der Waals surface area contributed by atoms with Crippen molar-refractivity contribution >= 4 is 28.5 Å². The number of rotatable bonds is 3. The molecule has 0 radical (unpaired) electrons. The van der Waals surface area contributed by atoms with Gasteiger partial charge >= 0.3 is 0 Å². The summed E-state index contributed by atoms with van der Waals surface area (Å²) in [5.41, 5.74) is -1.45. The maximum absolute atomic E-state index is 13.0. The van der Waals surface area contributed by atoms with Gasteiger partial charge in [0.05, 0.1) is 16.7 Å². The summed E-state index contributed by atoms with van der Waals surface area (Å²) in [5, 5.41) is 12.7. The Balaban J connectivity index is 2.96. The monoisotopic (exact) mass is 365 g/mol. The van der Waals surface area contributed by atoms with Gasteiger partial charge in [-0.15, -0.1) is 0 Å². The number of benzene rings is 1. The number of halogens is 2. The van der Waals surface area contributed by atoms with Crippen LogP contribution in [0, 0.1) is 9.39 Å². The Morgan fingerprint density at radius 1 is 1.33 bits per heavy atom. The molecule has 18 heavy (non-hydrogen) atoms. The van der Waals surface area contributed by atoms with Crippen LogP contribution in [0.4, 0.5) is 4.39 Å². The molecule has 2 N–H and O–H groups in total. The first-order valence-corrected chi connectivity index (χ1v) is 6.62. The van der Waals surface area contributed by atoms with Crippen molar-refractivity contribution in [2.24, 2.45) is 0 Å². The molecule has 0 aliphatic rings. The molecule has 1 aromatic carbocycles. The lowest BCUT2D eigenvalue weighted by Crippen LogP contribution is -2.57. The van der Waals surface area contributed by atoms with Crippen LogP contribution in [0.5, 0.6) is 0 Å². The van der Waals surface area contributed by atoms with Crippen molar-refractivity contribution < 1.29 is 14.3 Å². The Morgan fingerprint density at radius 3 is 2.33 bits per heavy atom. The van der Waals surface area contributed by atoms with E-state index in [4.69, 9.17) is 0 Å². The average Bonchev–Trinajstić information content (AvgIpc) is 2.14. The van der Waals surface area contributed by atoms with E-state index in [9.17, 15) is 14.3 Å². The number of carbonyl (C=O) groups excluding carboxylic acids is 1. The second-order valence-electron chi connectivity index (χ2n) is 5.26. The average molecular weight is 365 g/mol. The molecule has 0 atom stereocenters. The van der Waals surface area contributed by atoms with E-state index >= 15 is 0 Å². The molecular weight excluding hydrogens is 348 g/mol. The zero-order valence-electron chi connectivity index (χ0n) is 10.8. The molecule has 0 saturated carbocycles. The molecule has 0 fully saturated rings. The molecule has 1 amide bonds. The predicted octanol–water partition coefficient (Wildman–Crippen LogP) is 2.71. The maximum atomic E-state index is 13.0. The summed E-state index contributed by atoms with van der Waals surface area (Å²) in [4.78, 5) is 12.1. The van der Waals surface area contributed by atoms with Crippen molar-refractivity contribution in [2.75, 3.05) is 0 Å². The van der Waals surface area contributed by atoms with E-state index in [-0.39, 0.29) is 11.7 Å². The Hall–Kier alpha value is -0.690. The van der Waals surface area contributed by atoms with Crippen molar-refractivity contribution in [2.45, 2.75) is 38.8 Å². The summed E-state index contributed by atoms with van der Waals surface area (Å²) < 4.78 is 13.5. The van der Waals surface area contributed by atoms with E-state index in [2.05, 4.69) is 5.32 Å². The first kappa shape index (κ1) is 15.4. The highest BCUT2D eigenvalue weighted by Gasteiger charge is 2.36. The molecule has 1 rings (SSSR count). The molecule has 0 bridgehead atoms. The molecule has 0 aliphatic carbocycles. The van der Waals surface area contributed by atoms with Gasteiger partial charge in [-0.3, -0.25) is 4.79 Å². The molecular formula is C13H17FINO2. The standard InChI is InChI=1S/C13H17FINO2/c1-12(2,13(3,4)18)16-11(17)9-6-5-8(14)7-10(9)15/h5-7,18H,1-4H3,(H,16,17). The van der Waals surface area contributed by atoms with Crippen molar-refractivity contribution in [3.8, 4) is 0 Å². The van der Waals surface area contributed by atoms with Gasteiger partial charge in [0, 0.05) is 3.57 Å². The van der Waals surface area contributed by atoms with Crippen LogP contribution in [0.1, 0.15) is 38.1 Å². The second-order valence-corrected chi connectivity index (χ2v) is 6.42. The lowest BCUT2D eigenvalue weighted by atomic mass is 9.86.